The molecule has 0 heterocycles. The van der Waals surface area contributed by atoms with E-state index in [4.69, 9.17) is 0 Å². The maximum absolute atomic E-state index is 12.4. The van der Waals surface area contributed by atoms with Crippen LogP contribution in [0.2, 0.25) is 0 Å². The van der Waals surface area contributed by atoms with Crippen molar-refractivity contribution in [3.05, 3.63) is 24.3 Å². The maximum Gasteiger partial charge on any atom is 0.249 e. The maximum atomic E-state index is 12.4. The van der Waals surface area contributed by atoms with Crippen molar-refractivity contribution in [1.82, 2.24) is 5.32 Å². The summed E-state index contributed by atoms with van der Waals surface area (Å²) in [7, 11) is 0. The van der Waals surface area contributed by atoms with Gasteiger partial charge in [-0.1, -0.05) is 186 Å². The highest BCUT2D eigenvalue weighted by Crippen LogP contribution is 2.16. The Morgan fingerprint density at radius 1 is 0.533 bits per heavy atom. The second kappa shape index (κ2) is 35.7. The molecule has 0 saturated heterocycles. The fourth-order valence-electron chi connectivity index (χ4n) is 5.95. The van der Waals surface area contributed by atoms with Crippen molar-refractivity contribution < 1.29 is 20.1 Å². The van der Waals surface area contributed by atoms with Crippen LogP contribution in [0, 0.1) is 0 Å². The summed E-state index contributed by atoms with van der Waals surface area (Å²) in [5, 5.41) is 33.2. The number of hydrogen-bond donors (Lipinski definition) is 4. The number of allylic oxidation sites excluding steroid dienone is 4. The minimum atomic E-state index is -1.08. The molecule has 0 aliphatic carbocycles. The van der Waals surface area contributed by atoms with Gasteiger partial charge < -0.3 is 20.6 Å². The molecule has 0 fully saturated rings. The predicted octanol–water partition coefficient (Wildman–Crippen LogP) is 10.7. The van der Waals surface area contributed by atoms with E-state index in [2.05, 4.69) is 43.5 Å². The zero-order chi connectivity index (χ0) is 33.1. The van der Waals surface area contributed by atoms with Crippen LogP contribution >= 0.6 is 0 Å². The third-order valence-electron chi connectivity index (χ3n) is 9.10. The quantitative estimate of drug-likeness (QED) is 0.0412. The number of rotatable bonds is 35. The lowest BCUT2D eigenvalue weighted by molar-refractivity contribution is -0.131. The molecule has 45 heavy (non-hydrogen) atoms. The first-order valence-electron chi connectivity index (χ1n) is 19.7. The highest BCUT2D eigenvalue weighted by atomic mass is 16.3. The van der Waals surface area contributed by atoms with Gasteiger partial charge in [-0.05, 0) is 38.5 Å². The molecule has 3 atom stereocenters. The van der Waals surface area contributed by atoms with Gasteiger partial charge in [0.25, 0.3) is 0 Å². The molecular weight excluding hydrogens is 558 g/mol. The van der Waals surface area contributed by atoms with Crippen LogP contribution in [0.5, 0.6) is 0 Å². The Hall–Kier alpha value is -1.17. The SMILES string of the molecule is CCCCC/C=C\C=C/CCCCCCCC(O)C(=O)NC(CO)C(O)CCCCCCCCCCCCCCCCCCC. The van der Waals surface area contributed by atoms with Crippen LogP contribution < -0.4 is 5.32 Å². The first kappa shape index (κ1) is 43.8. The summed E-state index contributed by atoms with van der Waals surface area (Å²) < 4.78 is 0. The minimum Gasteiger partial charge on any atom is -0.394 e. The molecule has 0 spiro atoms. The molecule has 1 amide bonds. The van der Waals surface area contributed by atoms with E-state index in [9.17, 15) is 20.1 Å². The Labute approximate surface area is 280 Å². The van der Waals surface area contributed by atoms with Gasteiger partial charge in [-0.3, -0.25) is 4.79 Å². The van der Waals surface area contributed by atoms with Gasteiger partial charge >= 0.3 is 0 Å². The van der Waals surface area contributed by atoms with E-state index in [1.54, 1.807) is 0 Å². The highest BCUT2D eigenvalue weighted by molar-refractivity contribution is 5.80. The van der Waals surface area contributed by atoms with E-state index in [1.807, 2.05) is 0 Å². The van der Waals surface area contributed by atoms with Crippen molar-refractivity contribution in [3.8, 4) is 0 Å². The Balaban J connectivity index is 3.68. The van der Waals surface area contributed by atoms with Gasteiger partial charge in [0.05, 0.1) is 18.8 Å². The van der Waals surface area contributed by atoms with Crippen LogP contribution in [0.25, 0.3) is 0 Å². The molecule has 5 heteroatoms. The monoisotopic (exact) mass is 636 g/mol. The number of amides is 1. The lowest BCUT2D eigenvalue weighted by atomic mass is 10.0. The largest absolute Gasteiger partial charge is 0.394 e. The number of carbonyl (C=O) groups is 1. The molecule has 0 radical (unpaired) electrons. The molecule has 0 aromatic rings. The molecule has 0 aliphatic heterocycles. The third-order valence-corrected chi connectivity index (χ3v) is 9.10. The van der Waals surface area contributed by atoms with E-state index in [0.717, 1.165) is 44.9 Å². The van der Waals surface area contributed by atoms with Gasteiger partial charge in [0, 0.05) is 0 Å². The fraction of sp³-hybridized carbons (Fsp3) is 0.875. The van der Waals surface area contributed by atoms with Crippen molar-refractivity contribution in [2.45, 2.75) is 218 Å². The molecular formula is C40H77NO4. The number of hydrogen-bond acceptors (Lipinski definition) is 4. The first-order chi connectivity index (χ1) is 22.1. The highest BCUT2D eigenvalue weighted by Gasteiger charge is 2.23. The lowest BCUT2D eigenvalue weighted by Crippen LogP contribution is -2.49. The summed E-state index contributed by atoms with van der Waals surface area (Å²) in [6.07, 6.45) is 41.6. The van der Waals surface area contributed by atoms with Gasteiger partial charge in [-0.2, -0.15) is 0 Å². The zero-order valence-corrected chi connectivity index (χ0v) is 30.0. The summed E-state index contributed by atoms with van der Waals surface area (Å²) in [6.45, 7) is 4.19. The molecule has 0 aromatic carbocycles. The first-order valence-corrected chi connectivity index (χ1v) is 19.7. The fourth-order valence-corrected chi connectivity index (χ4v) is 5.95. The molecule has 0 bridgehead atoms. The van der Waals surface area contributed by atoms with E-state index in [0.29, 0.717) is 12.8 Å². The van der Waals surface area contributed by atoms with Crippen LogP contribution in [0.4, 0.5) is 0 Å². The van der Waals surface area contributed by atoms with Crippen molar-refractivity contribution in [2.75, 3.05) is 6.61 Å². The summed E-state index contributed by atoms with van der Waals surface area (Å²) in [5.74, 6) is -0.483. The van der Waals surface area contributed by atoms with Crippen molar-refractivity contribution in [1.29, 1.82) is 0 Å². The number of unbranched alkanes of at least 4 members (excludes halogenated alkanes) is 24. The third kappa shape index (κ3) is 31.2. The molecule has 0 saturated carbocycles. The topological polar surface area (TPSA) is 89.8 Å². The van der Waals surface area contributed by atoms with Gasteiger partial charge in [-0.25, -0.2) is 0 Å². The second-order valence-electron chi connectivity index (χ2n) is 13.5. The van der Waals surface area contributed by atoms with Crippen molar-refractivity contribution >= 4 is 5.91 Å². The van der Waals surface area contributed by atoms with Gasteiger partial charge in [0.1, 0.15) is 6.10 Å². The summed E-state index contributed by atoms with van der Waals surface area (Å²) in [6, 6.07) is -0.715. The van der Waals surface area contributed by atoms with Crippen LogP contribution in [0.15, 0.2) is 24.3 Å². The van der Waals surface area contributed by atoms with Crippen molar-refractivity contribution in [2.24, 2.45) is 0 Å². The molecule has 3 unspecified atom stereocenters. The Morgan fingerprint density at radius 2 is 0.889 bits per heavy atom. The smallest absolute Gasteiger partial charge is 0.249 e. The second-order valence-corrected chi connectivity index (χ2v) is 13.5. The molecule has 0 rings (SSSR count). The van der Waals surface area contributed by atoms with E-state index < -0.39 is 24.2 Å². The van der Waals surface area contributed by atoms with Crippen LogP contribution in [-0.2, 0) is 4.79 Å². The van der Waals surface area contributed by atoms with Gasteiger partial charge in [0.2, 0.25) is 5.91 Å². The van der Waals surface area contributed by atoms with E-state index >= 15 is 0 Å². The number of aliphatic hydroxyl groups excluding tert-OH is 3. The summed E-state index contributed by atoms with van der Waals surface area (Å²) in [4.78, 5) is 12.4. The van der Waals surface area contributed by atoms with Crippen molar-refractivity contribution in [3.63, 3.8) is 0 Å². The Kier molecular flexibility index (Phi) is 34.8. The normalized spacial score (nSPS) is 14.0. The van der Waals surface area contributed by atoms with Gasteiger partial charge in [0.15, 0.2) is 0 Å². The van der Waals surface area contributed by atoms with Crippen LogP contribution in [0.1, 0.15) is 200 Å². The number of nitrogens with one attached hydrogen (secondary N) is 1. The lowest BCUT2D eigenvalue weighted by Gasteiger charge is -2.23. The van der Waals surface area contributed by atoms with E-state index in [-0.39, 0.29) is 6.61 Å². The average Bonchev–Trinajstić information content (AvgIpc) is 3.04. The zero-order valence-electron chi connectivity index (χ0n) is 30.0. The Bertz CT molecular complexity index is 665. The molecule has 5 nitrogen and oxygen atoms in total. The predicted molar refractivity (Wildman–Crippen MR) is 195 cm³/mol. The molecule has 4 N–H and O–H groups in total. The Morgan fingerprint density at radius 3 is 1.33 bits per heavy atom. The average molecular weight is 636 g/mol. The molecule has 0 aromatic heterocycles. The van der Waals surface area contributed by atoms with E-state index in [1.165, 1.54) is 128 Å². The molecule has 0 aliphatic rings. The number of carbonyl (C=O) groups excluding carboxylic acids is 1. The van der Waals surface area contributed by atoms with Gasteiger partial charge in [-0.15, -0.1) is 0 Å². The summed E-state index contributed by atoms with van der Waals surface area (Å²) in [5.41, 5.74) is 0. The van der Waals surface area contributed by atoms with Crippen LogP contribution in [0.3, 0.4) is 0 Å². The summed E-state index contributed by atoms with van der Waals surface area (Å²) >= 11 is 0. The standard InChI is InChI=1S/C40H77NO4/c1-3-5-7-9-11-13-15-17-19-20-21-23-24-26-28-30-32-34-38(43)37(36-42)41-40(45)39(44)35-33-31-29-27-25-22-18-16-14-12-10-8-6-4-2/h12,14,16,18,37-39,42-44H,3-11,13,15,17,19-36H2,1-2H3,(H,41,45)/b14-12-,18-16-. The van der Waals surface area contributed by atoms with Crippen LogP contribution in [-0.4, -0.2) is 46.1 Å². The minimum absolute atomic E-state index is 0.318. The molecule has 266 valence electrons. The number of aliphatic hydroxyl groups is 3.